The first-order valence-corrected chi connectivity index (χ1v) is 13.9. The van der Waals surface area contributed by atoms with Gasteiger partial charge in [-0.1, -0.05) is 42.5 Å². The molecular formula is C29H40N8O7. The third kappa shape index (κ3) is 12.8. The van der Waals surface area contributed by atoms with Crippen molar-refractivity contribution in [2.24, 2.45) is 27.9 Å². The number of carbonyl (C=O) groups is 5. The summed E-state index contributed by atoms with van der Waals surface area (Å²) in [6.45, 7) is 0.266. The monoisotopic (exact) mass is 612 g/mol. The molecule has 0 aromatic heterocycles. The highest BCUT2D eigenvalue weighted by atomic mass is 16.4. The summed E-state index contributed by atoms with van der Waals surface area (Å²) in [7, 11) is 0. The molecule has 2 rings (SSSR count). The number of carbonyl (C=O) groups excluding carboxylic acids is 4. The lowest BCUT2D eigenvalue weighted by Gasteiger charge is -2.25. The third-order valence-corrected chi connectivity index (χ3v) is 6.52. The number of aliphatic carboxylic acids is 1. The van der Waals surface area contributed by atoms with Gasteiger partial charge in [-0.3, -0.25) is 24.2 Å². The minimum absolute atomic E-state index is 0.0172. The molecule has 0 aliphatic heterocycles. The molecule has 0 saturated heterocycles. The molecule has 2 aromatic rings. The molecule has 15 nitrogen and oxygen atoms in total. The van der Waals surface area contributed by atoms with Crippen molar-refractivity contribution in [3.63, 3.8) is 0 Å². The van der Waals surface area contributed by atoms with Crippen molar-refractivity contribution in [2.45, 2.75) is 62.7 Å². The predicted octanol–water partition coefficient (Wildman–Crippen LogP) is -1.64. The minimum Gasteiger partial charge on any atom is -0.508 e. The predicted molar refractivity (Wildman–Crippen MR) is 162 cm³/mol. The maximum atomic E-state index is 13.6. The topological polar surface area (TPSA) is 278 Å². The first-order chi connectivity index (χ1) is 20.8. The van der Waals surface area contributed by atoms with Crippen LogP contribution in [0.1, 0.15) is 36.8 Å². The molecule has 0 aliphatic carbocycles. The lowest BCUT2D eigenvalue weighted by atomic mass is 10.0. The second kappa shape index (κ2) is 17.7. The molecule has 0 bridgehead atoms. The number of aliphatic imine (C=N–C) groups is 1. The van der Waals surface area contributed by atoms with Gasteiger partial charge in [0.05, 0.1) is 6.04 Å². The summed E-state index contributed by atoms with van der Waals surface area (Å²) in [5.41, 5.74) is 23.1. The van der Waals surface area contributed by atoms with E-state index < -0.39 is 53.8 Å². The Bertz CT molecular complexity index is 1300. The van der Waals surface area contributed by atoms with Gasteiger partial charge in [-0.25, -0.2) is 4.79 Å². The second-order valence-electron chi connectivity index (χ2n) is 10.1. The van der Waals surface area contributed by atoms with Crippen LogP contribution >= 0.6 is 0 Å². The van der Waals surface area contributed by atoms with Crippen molar-refractivity contribution in [1.82, 2.24) is 16.0 Å². The number of nitrogens with zero attached hydrogens (tertiary/aromatic N) is 1. The normalized spacial score (nSPS) is 13.4. The summed E-state index contributed by atoms with van der Waals surface area (Å²) < 4.78 is 0. The number of nitrogens with two attached hydrogens (primary N) is 4. The Morgan fingerprint density at radius 1 is 0.727 bits per heavy atom. The van der Waals surface area contributed by atoms with Gasteiger partial charge in [-0.05, 0) is 42.5 Å². The lowest BCUT2D eigenvalue weighted by molar-refractivity contribution is -0.142. The Morgan fingerprint density at radius 2 is 1.25 bits per heavy atom. The summed E-state index contributed by atoms with van der Waals surface area (Å²) in [4.78, 5) is 66.7. The zero-order valence-electron chi connectivity index (χ0n) is 24.1. The average molecular weight is 613 g/mol. The van der Waals surface area contributed by atoms with Crippen LogP contribution in [0.15, 0.2) is 59.6 Å². The minimum atomic E-state index is -1.45. The van der Waals surface area contributed by atoms with Gasteiger partial charge < -0.3 is 49.1 Å². The molecule has 0 fully saturated rings. The molecule has 2 aromatic carbocycles. The van der Waals surface area contributed by atoms with E-state index in [1.807, 2.05) is 0 Å². The Hall–Kier alpha value is -5.18. The Morgan fingerprint density at radius 3 is 1.77 bits per heavy atom. The van der Waals surface area contributed by atoms with Gasteiger partial charge in [0, 0.05) is 25.8 Å². The molecule has 0 radical (unpaired) electrons. The zero-order valence-corrected chi connectivity index (χ0v) is 24.1. The number of phenolic OH excluding ortho intramolecular Hbond substituents is 1. The Balaban J connectivity index is 2.28. The van der Waals surface area contributed by atoms with E-state index in [1.165, 1.54) is 24.3 Å². The smallest absolute Gasteiger partial charge is 0.326 e. The van der Waals surface area contributed by atoms with Gasteiger partial charge in [0.15, 0.2) is 5.96 Å². The van der Waals surface area contributed by atoms with Gasteiger partial charge >= 0.3 is 5.97 Å². The van der Waals surface area contributed by atoms with Crippen molar-refractivity contribution in [2.75, 3.05) is 6.54 Å². The van der Waals surface area contributed by atoms with Crippen molar-refractivity contribution in [1.29, 1.82) is 0 Å². The number of hydrogen-bond acceptors (Lipinski definition) is 8. The van der Waals surface area contributed by atoms with Crippen molar-refractivity contribution in [3.05, 3.63) is 65.7 Å². The number of benzene rings is 2. The van der Waals surface area contributed by atoms with E-state index in [2.05, 4.69) is 20.9 Å². The van der Waals surface area contributed by atoms with E-state index in [4.69, 9.17) is 22.9 Å². The summed E-state index contributed by atoms with van der Waals surface area (Å²) in [6, 6.07) is 9.82. The third-order valence-electron chi connectivity index (χ3n) is 6.52. The summed E-state index contributed by atoms with van der Waals surface area (Å²) >= 11 is 0. The van der Waals surface area contributed by atoms with Crippen LogP contribution < -0.4 is 38.9 Å². The Labute approximate surface area is 254 Å². The maximum Gasteiger partial charge on any atom is 0.326 e. The van der Waals surface area contributed by atoms with Crippen LogP contribution in [0.5, 0.6) is 5.75 Å². The van der Waals surface area contributed by atoms with Gasteiger partial charge in [-0.15, -0.1) is 0 Å². The first-order valence-electron chi connectivity index (χ1n) is 13.9. The van der Waals surface area contributed by atoms with Crippen molar-refractivity contribution >= 4 is 35.6 Å². The van der Waals surface area contributed by atoms with E-state index >= 15 is 0 Å². The van der Waals surface area contributed by atoms with Gasteiger partial charge in [-0.2, -0.15) is 0 Å². The van der Waals surface area contributed by atoms with E-state index in [0.717, 1.165) is 0 Å². The number of phenols is 1. The summed E-state index contributed by atoms with van der Waals surface area (Å²) in [5, 5.41) is 26.8. The van der Waals surface area contributed by atoms with E-state index in [0.29, 0.717) is 17.5 Å². The van der Waals surface area contributed by atoms with E-state index in [1.54, 1.807) is 30.3 Å². The number of guanidine groups is 1. The number of nitrogens with one attached hydrogen (secondary N) is 3. The number of hydrogen-bond donors (Lipinski definition) is 9. The second-order valence-corrected chi connectivity index (χ2v) is 10.1. The van der Waals surface area contributed by atoms with E-state index in [-0.39, 0.29) is 50.4 Å². The van der Waals surface area contributed by atoms with Crippen LogP contribution in [0.2, 0.25) is 0 Å². The highest BCUT2D eigenvalue weighted by Crippen LogP contribution is 2.13. The standard InChI is InChI=1S/C29H40N8O7/c30-20(7-4-14-34-29(32)33)25(40)36-22(15-17-5-2-1-3-6-17)27(42)37-23(16-18-8-10-19(38)11-9-18)26(41)35-21(28(43)44)12-13-24(31)39/h1-3,5-6,8-11,20-23,38H,4,7,12-16,30H2,(H2,31,39)(H,35,41)(H,36,40)(H,37,42)(H,43,44)(H4,32,33,34). The number of carboxylic acid groups (broad SMARTS) is 1. The van der Waals surface area contributed by atoms with Gasteiger partial charge in [0.1, 0.15) is 23.9 Å². The van der Waals surface area contributed by atoms with E-state index in [9.17, 15) is 34.2 Å². The quantitative estimate of drug-likeness (QED) is 0.0526. The summed E-state index contributed by atoms with van der Waals surface area (Å²) in [5.74, 6) is -4.41. The lowest BCUT2D eigenvalue weighted by Crippen LogP contribution is -2.58. The molecular weight excluding hydrogens is 572 g/mol. The summed E-state index contributed by atoms with van der Waals surface area (Å²) in [6.07, 6.45) is 0.0699. The number of carboxylic acids is 1. The molecule has 13 N–H and O–H groups in total. The maximum absolute atomic E-state index is 13.6. The molecule has 0 aliphatic rings. The van der Waals surface area contributed by atoms with Gasteiger partial charge in [0.25, 0.3) is 0 Å². The van der Waals surface area contributed by atoms with Crippen LogP contribution in [0.4, 0.5) is 0 Å². The fraction of sp³-hybridized carbons (Fsp3) is 0.379. The SMILES string of the molecule is NC(=O)CCC(NC(=O)C(Cc1ccc(O)cc1)NC(=O)C(Cc1ccccc1)NC(=O)C(N)CCCN=C(N)N)C(=O)O. The number of primary amides is 1. The molecule has 0 spiro atoms. The largest absolute Gasteiger partial charge is 0.508 e. The number of amides is 4. The number of aromatic hydroxyl groups is 1. The molecule has 4 amide bonds. The fourth-order valence-electron chi connectivity index (χ4n) is 4.15. The van der Waals surface area contributed by atoms with Crippen molar-refractivity contribution < 1.29 is 34.2 Å². The van der Waals surface area contributed by atoms with Crippen LogP contribution in [-0.4, -0.2) is 76.5 Å². The van der Waals surface area contributed by atoms with Crippen LogP contribution in [0.25, 0.3) is 0 Å². The average Bonchev–Trinajstić information content (AvgIpc) is 2.97. The molecule has 0 heterocycles. The van der Waals surface area contributed by atoms with Crippen LogP contribution in [0, 0.1) is 0 Å². The highest BCUT2D eigenvalue weighted by molar-refractivity contribution is 5.94. The number of rotatable bonds is 18. The molecule has 4 atom stereocenters. The van der Waals surface area contributed by atoms with Gasteiger partial charge in [0.2, 0.25) is 23.6 Å². The van der Waals surface area contributed by atoms with Crippen LogP contribution in [-0.2, 0) is 36.8 Å². The Kier molecular flexibility index (Phi) is 14.1. The van der Waals surface area contributed by atoms with Crippen molar-refractivity contribution in [3.8, 4) is 5.75 Å². The molecule has 0 saturated carbocycles. The molecule has 44 heavy (non-hydrogen) atoms. The van der Waals surface area contributed by atoms with Crippen LogP contribution in [0.3, 0.4) is 0 Å². The molecule has 238 valence electrons. The zero-order chi connectivity index (χ0) is 32.6. The fourth-order valence-corrected chi connectivity index (χ4v) is 4.15. The molecule has 4 unspecified atom stereocenters. The first kappa shape index (κ1) is 35.0. The molecule has 15 heteroatoms. The highest BCUT2D eigenvalue weighted by Gasteiger charge is 2.31.